The van der Waals surface area contributed by atoms with Gasteiger partial charge in [-0.2, -0.15) is 0 Å². The van der Waals surface area contributed by atoms with Crippen LogP contribution in [-0.2, 0) is 0 Å². The zero-order valence-electron chi connectivity index (χ0n) is 8.61. The molecule has 0 aromatic carbocycles. The minimum atomic E-state index is -0.0142. The molecule has 0 aromatic heterocycles. The van der Waals surface area contributed by atoms with E-state index in [1.165, 1.54) is 12.8 Å². The highest BCUT2D eigenvalue weighted by Crippen LogP contribution is 2.11. The average molecular weight is 170 g/mol. The standard InChI is InChI=1S/C10H22N2/c1-9(11)7-5-4-6-8-10(2,3)12/h11H,4-8,12H2,1-3H3. The summed E-state index contributed by atoms with van der Waals surface area (Å²) in [5, 5.41) is 7.23. The van der Waals surface area contributed by atoms with Gasteiger partial charge in [-0.05, 0) is 40.0 Å². The summed E-state index contributed by atoms with van der Waals surface area (Å²) in [5.41, 5.74) is 6.61. The molecule has 2 nitrogen and oxygen atoms in total. The highest BCUT2D eigenvalue weighted by Gasteiger charge is 2.08. The highest BCUT2D eigenvalue weighted by molar-refractivity contribution is 5.78. The number of nitrogens with two attached hydrogens (primary N) is 1. The second-order valence-corrected chi connectivity index (χ2v) is 4.33. The second kappa shape index (κ2) is 5.31. The molecule has 0 heterocycles. The Labute approximate surface area is 76.0 Å². The van der Waals surface area contributed by atoms with E-state index in [1.807, 2.05) is 6.92 Å². The molecular formula is C10H22N2. The second-order valence-electron chi connectivity index (χ2n) is 4.33. The fraction of sp³-hybridized carbons (Fsp3) is 0.900. The third-order valence-corrected chi connectivity index (χ3v) is 1.87. The Morgan fingerprint density at radius 2 is 1.83 bits per heavy atom. The van der Waals surface area contributed by atoms with Crippen LogP contribution in [0.5, 0.6) is 0 Å². The predicted molar refractivity (Wildman–Crippen MR) is 54.8 cm³/mol. The van der Waals surface area contributed by atoms with Crippen LogP contribution in [0.25, 0.3) is 0 Å². The quantitative estimate of drug-likeness (QED) is 0.467. The van der Waals surface area contributed by atoms with E-state index >= 15 is 0 Å². The van der Waals surface area contributed by atoms with Gasteiger partial charge in [0.05, 0.1) is 0 Å². The molecule has 12 heavy (non-hydrogen) atoms. The summed E-state index contributed by atoms with van der Waals surface area (Å²) in [6, 6.07) is 0. The molecule has 0 fully saturated rings. The lowest BCUT2D eigenvalue weighted by molar-refractivity contribution is 0.447. The topological polar surface area (TPSA) is 49.9 Å². The van der Waals surface area contributed by atoms with Gasteiger partial charge in [0.1, 0.15) is 0 Å². The van der Waals surface area contributed by atoms with Crippen molar-refractivity contribution in [2.75, 3.05) is 0 Å². The fourth-order valence-corrected chi connectivity index (χ4v) is 1.15. The van der Waals surface area contributed by atoms with Gasteiger partial charge in [0.15, 0.2) is 0 Å². The Morgan fingerprint density at radius 1 is 1.25 bits per heavy atom. The summed E-state index contributed by atoms with van der Waals surface area (Å²) >= 11 is 0. The van der Waals surface area contributed by atoms with Gasteiger partial charge < -0.3 is 11.1 Å². The van der Waals surface area contributed by atoms with Gasteiger partial charge in [-0.15, -0.1) is 0 Å². The molecule has 0 unspecified atom stereocenters. The van der Waals surface area contributed by atoms with Gasteiger partial charge in [-0.25, -0.2) is 0 Å². The van der Waals surface area contributed by atoms with E-state index in [9.17, 15) is 0 Å². The number of rotatable bonds is 6. The van der Waals surface area contributed by atoms with Crippen molar-refractivity contribution in [1.29, 1.82) is 5.41 Å². The SMILES string of the molecule is CC(=N)CCCCCC(C)(C)N. The van der Waals surface area contributed by atoms with E-state index in [2.05, 4.69) is 13.8 Å². The van der Waals surface area contributed by atoms with Crippen molar-refractivity contribution in [3.05, 3.63) is 0 Å². The van der Waals surface area contributed by atoms with E-state index in [-0.39, 0.29) is 5.54 Å². The largest absolute Gasteiger partial charge is 0.326 e. The van der Waals surface area contributed by atoms with Crippen LogP contribution in [0, 0.1) is 5.41 Å². The van der Waals surface area contributed by atoms with Crippen LogP contribution in [0.15, 0.2) is 0 Å². The van der Waals surface area contributed by atoms with Crippen molar-refractivity contribution in [2.45, 2.75) is 58.4 Å². The van der Waals surface area contributed by atoms with Crippen LogP contribution >= 0.6 is 0 Å². The van der Waals surface area contributed by atoms with Crippen LogP contribution in [-0.4, -0.2) is 11.3 Å². The van der Waals surface area contributed by atoms with Gasteiger partial charge in [-0.1, -0.05) is 12.8 Å². The highest BCUT2D eigenvalue weighted by atomic mass is 14.7. The van der Waals surface area contributed by atoms with Crippen molar-refractivity contribution in [1.82, 2.24) is 0 Å². The molecule has 0 atom stereocenters. The number of nitrogens with one attached hydrogen (secondary N) is 1. The Bertz CT molecular complexity index is 133. The number of unbranched alkanes of at least 4 members (excludes halogenated alkanes) is 2. The minimum absolute atomic E-state index is 0.0142. The van der Waals surface area contributed by atoms with Crippen LogP contribution in [0.3, 0.4) is 0 Å². The zero-order chi connectivity index (χ0) is 9.61. The lowest BCUT2D eigenvalue weighted by Gasteiger charge is -2.17. The van der Waals surface area contributed by atoms with Gasteiger partial charge in [0.2, 0.25) is 0 Å². The molecule has 0 aliphatic carbocycles. The molecule has 72 valence electrons. The normalized spacial score (nSPS) is 11.7. The van der Waals surface area contributed by atoms with Crippen molar-refractivity contribution in [3.63, 3.8) is 0 Å². The molecular weight excluding hydrogens is 148 g/mol. The first kappa shape index (κ1) is 11.6. The third-order valence-electron chi connectivity index (χ3n) is 1.87. The van der Waals surface area contributed by atoms with Gasteiger partial charge >= 0.3 is 0 Å². The van der Waals surface area contributed by atoms with E-state index in [1.54, 1.807) is 0 Å². The predicted octanol–water partition coefficient (Wildman–Crippen LogP) is 2.71. The van der Waals surface area contributed by atoms with Gasteiger partial charge in [-0.3, -0.25) is 0 Å². The van der Waals surface area contributed by atoms with Crippen LogP contribution in [0.4, 0.5) is 0 Å². The van der Waals surface area contributed by atoms with Crippen LogP contribution < -0.4 is 5.73 Å². The molecule has 0 saturated carbocycles. The molecule has 0 saturated heterocycles. The van der Waals surface area contributed by atoms with E-state index in [4.69, 9.17) is 11.1 Å². The molecule has 0 rings (SSSR count). The molecule has 0 aromatic rings. The maximum atomic E-state index is 7.23. The number of hydrogen-bond donors (Lipinski definition) is 2. The van der Waals surface area contributed by atoms with Crippen LogP contribution in [0.1, 0.15) is 52.9 Å². The lowest BCUT2D eigenvalue weighted by Crippen LogP contribution is -2.31. The Hall–Kier alpha value is -0.370. The van der Waals surface area contributed by atoms with Crippen molar-refractivity contribution in [2.24, 2.45) is 5.73 Å². The smallest absolute Gasteiger partial charge is 0.00970 e. The van der Waals surface area contributed by atoms with E-state index in [0.29, 0.717) is 0 Å². The summed E-state index contributed by atoms with van der Waals surface area (Å²) in [6.07, 6.45) is 5.58. The zero-order valence-corrected chi connectivity index (χ0v) is 8.61. The minimum Gasteiger partial charge on any atom is -0.326 e. The van der Waals surface area contributed by atoms with E-state index < -0.39 is 0 Å². The maximum absolute atomic E-state index is 7.23. The van der Waals surface area contributed by atoms with Crippen molar-refractivity contribution < 1.29 is 0 Å². The van der Waals surface area contributed by atoms with Crippen molar-refractivity contribution >= 4 is 5.71 Å². The number of hydrogen-bond acceptors (Lipinski definition) is 2. The first-order valence-corrected chi connectivity index (χ1v) is 4.75. The van der Waals surface area contributed by atoms with Crippen LogP contribution in [0.2, 0.25) is 0 Å². The van der Waals surface area contributed by atoms with E-state index in [0.717, 1.165) is 25.0 Å². The first-order chi connectivity index (χ1) is 5.42. The monoisotopic (exact) mass is 170 g/mol. The summed E-state index contributed by atoms with van der Waals surface area (Å²) in [6.45, 7) is 6.00. The summed E-state index contributed by atoms with van der Waals surface area (Å²) < 4.78 is 0. The Balaban J connectivity index is 3.17. The maximum Gasteiger partial charge on any atom is 0.00970 e. The summed E-state index contributed by atoms with van der Waals surface area (Å²) in [7, 11) is 0. The summed E-state index contributed by atoms with van der Waals surface area (Å²) in [5.74, 6) is 0. The Morgan fingerprint density at radius 3 is 2.25 bits per heavy atom. The summed E-state index contributed by atoms with van der Waals surface area (Å²) in [4.78, 5) is 0. The molecule has 0 radical (unpaired) electrons. The molecule has 3 N–H and O–H groups in total. The third kappa shape index (κ3) is 9.63. The molecule has 0 spiro atoms. The molecule has 0 amide bonds. The Kier molecular flexibility index (Phi) is 5.14. The lowest BCUT2D eigenvalue weighted by atomic mass is 9.97. The fourth-order valence-electron chi connectivity index (χ4n) is 1.15. The molecule has 0 bridgehead atoms. The average Bonchev–Trinajstić information content (AvgIpc) is 1.83. The molecule has 0 aliphatic heterocycles. The van der Waals surface area contributed by atoms with Crippen molar-refractivity contribution in [3.8, 4) is 0 Å². The van der Waals surface area contributed by atoms with Gasteiger partial charge in [0, 0.05) is 11.3 Å². The van der Waals surface area contributed by atoms with Gasteiger partial charge in [0.25, 0.3) is 0 Å². The first-order valence-electron chi connectivity index (χ1n) is 4.75. The molecule has 0 aliphatic rings. The molecule has 2 heteroatoms.